The van der Waals surface area contributed by atoms with Gasteiger partial charge in [-0.3, -0.25) is 9.59 Å². The lowest BCUT2D eigenvalue weighted by Gasteiger charge is -2.47. The van der Waals surface area contributed by atoms with E-state index >= 15 is 0 Å². The molecule has 0 aromatic heterocycles. The number of nitrogens with zero attached hydrogens (tertiary/aromatic N) is 1. The number of ether oxygens (including phenoxy) is 1. The lowest BCUT2D eigenvalue weighted by atomic mass is 9.57. The van der Waals surface area contributed by atoms with Gasteiger partial charge in [0.15, 0.2) is 0 Å². The molecule has 1 N–H and O–H groups in total. The average Bonchev–Trinajstić information content (AvgIpc) is 2.39. The Bertz CT molecular complexity index is 477. The van der Waals surface area contributed by atoms with E-state index in [1.165, 1.54) is 0 Å². The molecule has 1 amide bonds. The third-order valence-electron chi connectivity index (χ3n) is 4.36. The average molecular weight is 294 g/mol. The lowest BCUT2D eigenvalue weighted by molar-refractivity contribution is -0.154. The Kier molecular flexibility index (Phi) is 4.39. The normalized spacial score (nSPS) is 28.6. The molecule has 1 aliphatic heterocycles. The molecule has 1 heterocycles. The molecular formula is C14H18N2O3S. The van der Waals surface area contributed by atoms with Crippen molar-refractivity contribution < 1.29 is 14.3 Å². The van der Waals surface area contributed by atoms with Crippen LogP contribution in [0.5, 0.6) is 0 Å². The van der Waals surface area contributed by atoms with Crippen LogP contribution in [0, 0.1) is 28.6 Å². The molecule has 0 unspecified atom stereocenters. The molecule has 5 nitrogen and oxygen atoms in total. The van der Waals surface area contributed by atoms with Gasteiger partial charge in [-0.25, -0.2) is 0 Å². The van der Waals surface area contributed by atoms with Crippen molar-refractivity contribution in [3.8, 4) is 6.07 Å². The molecule has 0 radical (unpaired) electrons. The summed E-state index contributed by atoms with van der Waals surface area (Å²) in [7, 11) is 0. The minimum Gasteiger partial charge on any atom is -0.465 e. The maximum absolute atomic E-state index is 12.3. The molecule has 2 aliphatic rings. The second-order valence-electron chi connectivity index (χ2n) is 5.39. The van der Waals surface area contributed by atoms with E-state index < -0.39 is 23.2 Å². The van der Waals surface area contributed by atoms with Crippen molar-refractivity contribution in [3.63, 3.8) is 0 Å². The molecule has 6 heteroatoms. The van der Waals surface area contributed by atoms with Gasteiger partial charge in [-0.05, 0) is 19.8 Å². The van der Waals surface area contributed by atoms with Crippen LogP contribution in [0.4, 0.5) is 0 Å². The van der Waals surface area contributed by atoms with Crippen LogP contribution >= 0.6 is 12.2 Å². The second-order valence-corrected chi connectivity index (χ2v) is 5.83. The van der Waals surface area contributed by atoms with Gasteiger partial charge in [0, 0.05) is 5.41 Å². The summed E-state index contributed by atoms with van der Waals surface area (Å²) < 4.78 is 5.12. The van der Waals surface area contributed by atoms with Crippen molar-refractivity contribution >= 4 is 29.1 Å². The Balaban J connectivity index is 2.44. The number of hydrogen-bond acceptors (Lipinski definition) is 5. The first-order valence-corrected chi connectivity index (χ1v) is 7.38. The number of esters is 1. The minimum atomic E-state index is -0.830. The van der Waals surface area contributed by atoms with E-state index in [0.29, 0.717) is 12.8 Å². The molecule has 1 aliphatic carbocycles. The zero-order valence-corrected chi connectivity index (χ0v) is 12.3. The number of hydrogen-bond donors (Lipinski definition) is 1. The van der Waals surface area contributed by atoms with Crippen molar-refractivity contribution in [1.82, 2.24) is 5.32 Å². The van der Waals surface area contributed by atoms with E-state index in [2.05, 4.69) is 11.4 Å². The molecule has 2 rings (SSSR count). The zero-order chi connectivity index (χ0) is 14.8. The van der Waals surface area contributed by atoms with Crippen LogP contribution in [-0.2, 0) is 14.3 Å². The third kappa shape index (κ3) is 2.31. The van der Waals surface area contributed by atoms with Gasteiger partial charge in [0.05, 0.1) is 17.7 Å². The Morgan fingerprint density at radius 1 is 1.50 bits per heavy atom. The highest BCUT2D eigenvalue weighted by Gasteiger charge is 2.57. The van der Waals surface area contributed by atoms with Gasteiger partial charge >= 0.3 is 5.97 Å². The van der Waals surface area contributed by atoms with Gasteiger partial charge < -0.3 is 10.1 Å². The number of nitriles is 1. The van der Waals surface area contributed by atoms with Gasteiger partial charge in [-0.15, -0.1) is 0 Å². The van der Waals surface area contributed by atoms with Gasteiger partial charge in [0.1, 0.15) is 11.8 Å². The van der Waals surface area contributed by atoms with Gasteiger partial charge in [-0.1, -0.05) is 31.5 Å². The molecule has 0 aromatic rings. The number of nitrogens with one attached hydrogen (secondary N) is 1. The number of amides is 1. The van der Waals surface area contributed by atoms with Crippen molar-refractivity contribution in [2.45, 2.75) is 39.0 Å². The van der Waals surface area contributed by atoms with Crippen molar-refractivity contribution in [2.75, 3.05) is 6.61 Å². The first kappa shape index (κ1) is 14.9. The molecule has 2 fully saturated rings. The van der Waals surface area contributed by atoms with Gasteiger partial charge in [-0.2, -0.15) is 5.26 Å². The van der Waals surface area contributed by atoms with E-state index in [1.54, 1.807) is 6.92 Å². The number of rotatable bonds is 2. The summed E-state index contributed by atoms with van der Waals surface area (Å²) in [6.07, 6.45) is 4.21. The highest BCUT2D eigenvalue weighted by molar-refractivity contribution is 7.80. The van der Waals surface area contributed by atoms with Crippen LogP contribution in [-0.4, -0.2) is 23.5 Å². The maximum Gasteiger partial charge on any atom is 0.316 e. The SMILES string of the molecule is CCOC(=O)[C@@H]1C(=S)NC(=O)[C@@H](C#N)C12CCCCC2. The summed E-state index contributed by atoms with van der Waals surface area (Å²) in [5.41, 5.74) is -0.682. The number of thiocarbonyl (C=S) groups is 1. The van der Waals surface area contributed by atoms with E-state index in [-0.39, 0.29) is 17.5 Å². The summed E-state index contributed by atoms with van der Waals surface area (Å²) >= 11 is 5.21. The summed E-state index contributed by atoms with van der Waals surface area (Å²) in [6.45, 7) is 2.00. The lowest BCUT2D eigenvalue weighted by Crippen LogP contribution is -2.60. The van der Waals surface area contributed by atoms with Crippen LogP contribution < -0.4 is 5.32 Å². The standard InChI is InChI=1S/C14H18N2O3S/c1-2-19-13(18)10-12(20)16-11(17)9(8-15)14(10)6-4-3-5-7-14/h9-10H,2-7H2,1H3,(H,16,17,20)/t9-,10+/m1/s1. The van der Waals surface area contributed by atoms with Gasteiger partial charge in [0.2, 0.25) is 5.91 Å². The Labute approximate surface area is 123 Å². The van der Waals surface area contributed by atoms with Crippen molar-refractivity contribution in [3.05, 3.63) is 0 Å². The molecular weight excluding hydrogens is 276 g/mol. The number of piperidine rings is 1. The fourth-order valence-electron chi connectivity index (χ4n) is 3.50. The molecule has 20 heavy (non-hydrogen) atoms. The zero-order valence-electron chi connectivity index (χ0n) is 11.5. The monoisotopic (exact) mass is 294 g/mol. The Hall–Kier alpha value is -1.48. The Morgan fingerprint density at radius 2 is 2.15 bits per heavy atom. The fraction of sp³-hybridized carbons (Fsp3) is 0.714. The number of carbonyl (C=O) groups is 2. The van der Waals surface area contributed by atoms with E-state index in [9.17, 15) is 14.9 Å². The molecule has 1 saturated carbocycles. The van der Waals surface area contributed by atoms with E-state index in [0.717, 1.165) is 19.3 Å². The van der Waals surface area contributed by atoms with Crippen LogP contribution in [0.3, 0.4) is 0 Å². The first-order chi connectivity index (χ1) is 9.56. The van der Waals surface area contributed by atoms with Gasteiger partial charge in [0.25, 0.3) is 0 Å². The van der Waals surface area contributed by atoms with Crippen molar-refractivity contribution in [2.24, 2.45) is 17.3 Å². The third-order valence-corrected chi connectivity index (χ3v) is 4.69. The van der Waals surface area contributed by atoms with Crippen LogP contribution in [0.25, 0.3) is 0 Å². The molecule has 0 bridgehead atoms. The Morgan fingerprint density at radius 3 is 2.70 bits per heavy atom. The summed E-state index contributed by atoms with van der Waals surface area (Å²) in [5.74, 6) is -2.30. The van der Waals surface area contributed by atoms with Crippen molar-refractivity contribution in [1.29, 1.82) is 5.26 Å². The number of carbonyl (C=O) groups excluding carboxylic acids is 2. The maximum atomic E-state index is 12.3. The smallest absolute Gasteiger partial charge is 0.316 e. The van der Waals surface area contributed by atoms with Crippen LogP contribution in [0.15, 0.2) is 0 Å². The van der Waals surface area contributed by atoms with E-state index in [1.807, 2.05) is 0 Å². The molecule has 1 saturated heterocycles. The predicted molar refractivity (Wildman–Crippen MR) is 75.5 cm³/mol. The highest BCUT2D eigenvalue weighted by Crippen LogP contribution is 2.51. The second kappa shape index (κ2) is 5.88. The largest absolute Gasteiger partial charge is 0.465 e. The summed E-state index contributed by atoms with van der Waals surface area (Å²) in [6, 6.07) is 2.08. The summed E-state index contributed by atoms with van der Waals surface area (Å²) in [5, 5.41) is 11.9. The highest BCUT2D eigenvalue weighted by atomic mass is 32.1. The topological polar surface area (TPSA) is 79.2 Å². The van der Waals surface area contributed by atoms with Crippen LogP contribution in [0.2, 0.25) is 0 Å². The van der Waals surface area contributed by atoms with Crippen LogP contribution in [0.1, 0.15) is 39.0 Å². The van der Waals surface area contributed by atoms with E-state index in [4.69, 9.17) is 17.0 Å². The minimum absolute atomic E-state index is 0.210. The molecule has 2 atom stereocenters. The molecule has 108 valence electrons. The molecule has 0 aromatic carbocycles. The summed E-state index contributed by atoms with van der Waals surface area (Å²) in [4.78, 5) is 24.6. The quantitative estimate of drug-likeness (QED) is 0.619. The predicted octanol–water partition coefficient (Wildman–Crippen LogP) is 1.71. The molecule has 1 spiro atoms. The first-order valence-electron chi connectivity index (χ1n) is 6.98. The fourth-order valence-corrected chi connectivity index (χ4v) is 3.93.